The Bertz CT molecular complexity index is 1350. The molecule has 9 heteroatoms. The van der Waals surface area contributed by atoms with Crippen molar-refractivity contribution in [3.63, 3.8) is 0 Å². The quantitative estimate of drug-likeness (QED) is 0.407. The van der Waals surface area contributed by atoms with Crippen LogP contribution in [0.1, 0.15) is 33.4 Å². The first kappa shape index (κ1) is 26.1. The molecule has 3 aromatic rings. The van der Waals surface area contributed by atoms with Crippen LogP contribution in [0.25, 0.3) is 10.6 Å². The standard InChI is InChI=1S/C29H31N3O5S/c1-19-27(38-28(30-19)20-8-4-3-5-9-20)25(33)23-24(21-10-6-11-22(18-21)36-2)32(29(35)26(23)34)13-7-12-31-14-16-37-17-15-31/h3-6,8-11,18,24,34H,7,12-17H2,1-2H3/t24-/m1/s1. The van der Waals surface area contributed by atoms with Gasteiger partial charge in [0.15, 0.2) is 5.76 Å². The molecule has 0 unspecified atom stereocenters. The molecule has 0 aliphatic carbocycles. The Hall–Kier alpha value is -3.53. The molecular formula is C29H31N3O5S. The number of hydrogen-bond acceptors (Lipinski definition) is 8. The zero-order valence-corrected chi connectivity index (χ0v) is 22.4. The molecule has 0 saturated carbocycles. The number of aliphatic hydroxyl groups excluding tert-OH is 1. The molecule has 1 N–H and O–H groups in total. The minimum atomic E-state index is -0.725. The molecule has 2 aliphatic heterocycles. The Morgan fingerprint density at radius 2 is 1.89 bits per heavy atom. The van der Waals surface area contributed by atoms with Crippen LogP contribution in [0.5, 0.6) is 5.75 Å². The van der Waals surface area contributed by atoms with E-state index in [1.54, 1.807) is 18.9 Å². The summed E-state index contributed by atoms with van der Waals surface area (Å²) in [6.07, 6.45) is 0.707. The summed E-state index contributed by atoms with van der Waals surface area (Å²) in [4.78, 5) is 36.3. The number of ether oxygens (including phenoxy) is 2. The van der Waals surface area contributed by atoms with E-state index in [-0.39, 0.29) is 11.4 Å². The molecule has 1 fully saturated rings. The Kier molecular flexibility index (Phi) is 7.87. The van der Waals surface area contributed by atoms with E-state index in [9.17, 15) is 14.7 Å². The van der Waals surface area contributed by atoms with Crippen molar-refractivity contribution in [2.45, 2.75) is 19.4 Å². The molecule has 1 atom stereocenters. The van der Waals surface area contributed by atoms with Crippen molar-refractivity contribution in [1.29, 1.82) is 0 Å². The van der Waals surface area contributed by atoms with Crippen molar-refractivity contribution in [3.05, 3.63) is 82.1 Å². The lowest BCUT2D eigenvalue weighted by molar-refractivity contribution is -0.129. The molecule has 38 heavy (non-hydrogen) atoms. The SMILES string of the molecule is COc1cccc([C@@H]2C(C(=O)c3sc(-c4ccccc4)nc3C)=C(O)C(=O)N2CCCN2CCOCC2)c1. The number of Topliss-reactive ketones (excluding diaryl/α,β-unsaturated/α-hetero) is 1. The highest BCUT2D eigenvalue weighted by atomic mass is 32.1. The lowest BCUT2D eigenvalue weighted by atomic mass is 9.95. The van der Waals surface area contributed by atoms with Gasteiger partial charge in [0, 0.05) is 31.7 Å². The molecule has 0 radical (unpaired) electrons. The number of aromatic nitrogens is 1. The number of aryl methyl sites for hydroxylation is 1. The van der Waals surface area contributed by atoms with Gasteiger partial charge in [-0.05, 0) is 31.0 Å². The number of methoxy groups -OCH3 is 1. The zero-order valence-electron chi connectivity index (χ0n) is 21.6. The molecular weight excluding hydrogens is 502 g/mol. The van der Waals surface area contributed by atoms with Crippen LogP contribution in [0.15, 0.2) is 65.9 Å². The summed E-state index contributed by atoms with van der Waals surface area (Å²) >= 11 is 1.27. The van der Waals surface area contributed by atoms with E-state index in [1.807, 2.05) is 54.6 Å². The minimum Gasteiger partial charge on any atom is -0.503 e. The summed E-state index contributed by atoms with van der Waals surface area (Å²) in [6.45, 7) is 6.10. The lowest BCUT2D eigenvalue weighted by Gasteiger charge is -2.30. The lowest BCUT2D eigenvalue weighted by Crippen LogP contribution is -2.39. The molecule has 1 aromatic heterocycles. The van der Waals surface area contributed by atoms with Crippen LogP contribution in [0, 0.1) is 6.92 Å². The molecule has 1 saturated heterocycles. The Labute approximate surface area is 226 Å². The molecule has 8 nitrogen and oxygen atoms in total. The van der Waals surface area contributed by atoms with E-state index in [2.05, 4.69) is 9.88 Å². The number of ketones is 1. The van der Waals surface area contributed by atoms with Crippen molar-refractivity contribution < 1.29 is 24.2 Å². The van der Waals surface area contributed by atoms with Gasteiger partial charge in [0.1, 0.15) is 10.8 Å². The van der Waals surface area contributed by atoms with Crippen molar-refractivity contribution in [2.75, 3.05) is 46.5 Å². The van der Waals surface area contributed by atoms with Crippen molar-refractivity contribution in [3.8, 4) is 16.3 Å². The number of morpholine rings is 1. The average Bonchev–Trinajstić information content (AvgIpc) is 3.46. The maximum Gasteiger partial charge on any atom is 0.290 e. The zero-order chi connectivity index (χ0) is 26.6. The third-order valence-electron chi connectivity index (χ3n) is 6.96. The number of hydrogen-bond donors (Lipinski definition) is 1. The highest BCUT2D eigenvalue weighted by Crippen LogP contribution is 2.41. The van der Waals surface area contributed by atoms with Gasteiger partial charge in [-0.25, -0.2) is 4.98 Å². The van der Waals surface area contributed by atoms with Gasteiger partial charge in [-0.15, -0.1) is 11.3 Å². The molecule has 1 amide bonds. The second-order valence-corrected chi connectivity index (χ2v) is 10.4. The van der Waals surface area contributed by atoms with E-state index in [0.717, 1.165) is 30.2 Å². The smallest absolute Gasteiger partial charge is 0.290 e. The van der Waals surface area contributed by atoms with Crippen molar-refractivity contribution >= 4 is 23.0 Å². The summed E-state index contributed by atoms with van der Waals surface area (Å²) in [5.41, 5.74) is 2.28. The van der Waals surface area contributed by atoms with Gasteiger partial charge in [-0.1, -0.05) is 42.5 Å². The second-order valence-electron chi connectivity index (χ2n) is 9.38. The predicted molar refractivity (Wildman–Crippen MR) is 146 cm³/mol. The molecule has 3 heterocycles. The number of aliphatic hydroxyl groups is 1. The molecule has 0 bridgehead atoms. The van der Waals surface area contributed by atoms with Gasteiger partial charge in [0.25, 0.3) is 5.91 Å². The predicted octanol–water partition coefficient (Wildman–Crippen LogP) is 4.43. The highest BCUT2D eigenvalue weighted by Gasteiger charge is 2.44. The third kappa shape index (κ3) is 5.22. The fourth-order valence-corrected chi connectivity index (χ4v) is 6.02. The highest BCUT2D eigenvalue weighted by molar-refractivity contribution is 7.17. The van der Waals surface area contributed by atoms with Crippen LogP contribution in [-0.2, 0) is 9.53 Å². The van der Waals surface area contributed by atoms with Gasteiger partial charge in [0.2, 0.25) is 5.78 Å². The normalized spacial score (nSPS) is 18.3. The van der Waals surface area contributed by atoms with Gasteiger partial charge in [-0.2, -0.15) is 0 Å². The minimum absolute atomic E-state index is 0.0842. The molecule has 2 aliphatic rings. The first-order valence-corrected chi connectivity index (χ1v) is 13.5. The summed E-state index contributed by atoms with van der Waals surface area (Å²) in [5, 5.41) is 11.8. The second kappa shape index (κ2) is 11.5. The summed E-state index contributed by atoms with van der Waals surface area (Å²) in [6, 6.07) is 16.2. The number of benzene rings is 2. The van der Waals surface area contributed by atoms with Gasteiger partial charge in [0.05, 0.1) is 42.5 Å². The topological polar surface area (TPSA) is 92.2 Å². The number of nitrogens with zero attached hydrogens (tertiary/aromatic N) is 3. The van der Waals surface area contributed by atoms with E-state index in [0.29, 0.717) is 48.1 Å². The first-order chi connectivity index (χ1) is 18.5. The molecule has 198 valence electrons. The summed E-state index contributed by atoms with van der Waals surface area (Å²) in [5.74, 6) is -0.796. The van der Waals surface area contributed by atoms with Gasteiger partial charge in [-0.3, -0.25) is 14.5 Å². The first-order valence-electron chi connectivity index (χ1n) is 12.7. The van der Waals surface area contributed by atoms with Gasteiger partial charge >= 0.3 is 0 Å². The number of rotatable bonds is 9. The number of carbonyl (C=O) groups excluding carboxylic acids is 2. The maximum atomic E-state index is 14.0. The van der Waals surface area contributed by atoms with Crippen LogP contribution in [0.2, 0.25) is 0 Å². The Morgan fingerprint density at radius 3 is 2.63 bits per heavy atom. The van der Waals surface area contributed by atoms with E-state index in [4.69, 9.17) is 9.47 Å². The fraction of sp³-hybridized carbons (Fsp3) is 0.345. The molecule has 2 aromatic carbocycles. The van der Waals surface area contributed by atoms with Crippen LogP contribution in [0.3, 0.4) is 0 Å². The Balaban J connectivity index is 1.47. The maximum absolute atomic E-state index is 14.0. The van der Waals surface area contributed by atoms with E-state index < -0.39 is 17.7 Å². The van der Waals surface area contributed by atoms with E-state index in [1.165, 1.54) is 11.3 Å². The van der Waals surface area contributed by atoms with Gasteiger partial charge < -0.3 is 19.5 Å². The summed E-state index contributed by atoms with van der Waals surface area (Å²) < 4.78 is 10.9. The molecule has 0 spiro atoms. The third-order valence-corrected chi connectivity index (χ3v) is 8.16. The van der Waals surface area contributed by atoms with Crippen LogP contribution >= 0.6 is 11.3 Å². The Morgan fingerprint density at radius 1 is 1.13 bits per heavy atom. The molecule has 5 rings (SSSR count). The number of amides is 1. The largest absolute Gasteiger partial charge is 0.503 e. The van der Waals surface area contributed by atoms with Crippen molar-refractivity contribution in [2.24, 2.45) is 0 Å². The number of carbonyl (C=O) groups is 2. The van der Waals surface area contributed by atoms with Crippen LogP contribution < -0.4 is 4.74 Å². The van der Waals surface area contributed by atoms with Crippen LogP contribution in [-0.4, -0.2) is 78.1 Å². The van der Waals surface area contributed by atoms with Crippen LogP contribution in [0.4, 0.5) is 0 Å². The van der Waals surface area contributed by atoms with E-state index >= 15 is 0 Å². The summed E-state index contributed by atoms with van der Waals surface area (Å²) in [7, 11) is 1.57. The number of thiazole rings is 1. The fourth-order valence-electron chi connectivity index (χ4n) is 5.00. The van der Waals surface area contributed by atoms with Crippen molar-refractivity contribution in [1.82, 2.24) is 14.8 Å². The average molecular weight is 534 g/mol. The monoisotopic (exact) mass is 533 g/mol.